The zero-order valence-corrected chi connectivity index (χ0v) is 8.39. The van der Waals surface area contributed by atoms with Crippen molar-refractivity contribution >= 4 is 33.3 Å². The van der Waals surface area contributed by atoms with E-state index in [-0.39, 0.29) is 5.82 Å². The second-order valence-corrected chi connectivity index (χ2v) is 3.32. The minimum atomic E-state index is -0.578. The lowest BCUT2D eigenvalue weighted by molar-refractivity contribution is -0.389. The maximum atomic E-state index is 10.3. The third-order valence-electron chi connectivity index (χ3n) is 1.25. The van der Waals surface area contributed by atoms with Crippen molar-refractivity contribution in [3.05, 3.63) is 31.4 Å². The highest BCUT2D eigenvalue weighted by Gasteiger charge is 2.14. The molecule has 0 aromatic carbocycles. The molecule has 0 bridgehead atoms. The molecule has 1 aromatic rings. The van der Waals surface area contributed by atoms with Gasteiger partial charge in [0.1, 0.15) is 0 Å². The van der Waals surface area contributed by atoms with E-state index in [2.05, 4.69) is 20.9 Å². The van der Waals surface area contributed by atoms with Crippen LogP contribution in [0.15, 0.2) is 10.5 Å². The summed E-state index contributed by atoms with van der Waals surface area (Å²) in [5.74, 6) is -0.235. The molecule has 0 radical (unpaired) electrons. The van der Waals surface area contributed by atoms with Gasteiger partial charge in [-0.1, -0.05) is 11.6 Å². The number of nitro groups is 1. The molecule has 0 amide bonds. The van der Waals surface area contributed by atoms with Crippen LogP contribution in [0.5, 0.6) is 0 Å². The monoisotopic (exact) mass is 250 g/mol. The fourth-order valence-corrected chi connectivity index (χ4v) is 1.13. The van der Waals surface area contributed by atoms with Crippen LogP contribution in [0.1, 0.15) is 5.69 Å². The molecule has 1 aromatic heterocycles. The van der Waals surface area contributed by atoms with Gasteiger partial charge in [0.15, 0.2) is 5.69 Å². The molecule has 12 heavy (non-hydrogen) atoms. The second kappa shape index (κ2) is 3.37. The van der Waals surface area contributed by atoms with Gasteiger partial charge in [0.2, 0.25) is 0 Å². The van der Waals surface area contributed by atoms with Gasteiger partial charge in [-0.25, -0.2) is 0 Å². The maximum absolute atomic E-state index is 10.3. The number of hydrogen-bond acceptors (Lipinski definition) is 3. The van der Waals surface area contributed by atoms with Gasteiger partial charge in [0.25, 0.3) is 0 Å². The van der Waals surface area contributed by atoms with E-state index >= 15 is 0 Å². The van der Waals surface area contributed by atoms with E-state index in [9.17, 15) is 10.1 Å². The summed E-state index contributed by atoms with van der Waals surface area (Å²) in [6, 6.07) is 1.21. The highest BCUT2D eigenvalue weighted by molar-refractivity contribution is 9.10. The first-order chi connectivity index (χ1) is 5.52. The van der Waals surface area contributed by atoms with Crippen molar-refractivity contribution in [2.24, 2.45) is 0 Å². The topological polar surface area (TPSA) is 56.0 Å². The molecule has 4 nitrogen and oxygen atoms in total. The summed E-state index contributed by atoms with van der Waals surface area (Å²) in [5.41, 5.74) is 0.509. The van der Waals surface area contributed by atoms with E-state index in [4.69, 9.17) is 11.6 Å². The molecule has 0 atom stereocenters. The van der Waals surface area contributed by atoms with E-state index in [1.54, 1.807) is 6.92 Å². The zero-order chi connectivity index (χ0) is 9.30. The Kier molecular flexibility index (Phi) is 2.64. The molecule has 0 aliphatic rings. The predicted octanol–water partition coefficient (Wildman–Crippen LogP) is 2.71. The van der Waals surface area contributed by atoms with Crippen LogP contribution in [-0.4, -0.2) is 9.91 Å². The summed E-state index contributed by atoms with van der Waals surface area (Å²) in [6.45, 7) is 1.64. The fourth-order valence-electron chi connectivity index (χ4n) is 0.696. The Morgan fingerprint density at radius 1 is 1.75 bits per heavy atom. The predicted molar refractivity (Wildman–Crippen MR) is 48.3 cm³/mol. The molecule has 1 heterocycles. The third-order valence-corrected chi connectivity index (χ3v) is 2.78. The van der Waals surface area contributed by atoms with E-state index in [0.717, 1.165) is 0 Å². The molecule has 64 valence electrons. The molecule has 0 spiro atoms. The molecule has 0 saturated heterocycles. The molecule has 0 aliphatic carbocycles. The van der Waals surface area contributed by atoms with Gasteiger partial charge in [0, 0.05) is 6.92 Å². The highest BCUT2D eigenvalue weighted by atomic mass is 79.9. The van der Waals surface area contributed by atoms with Gasteiger partial charge in [-0.2, -0.15) is 0 Å². The smallest absolute Gasteiger partial charge is 0.358 e. The van der Waals surface area contributed by atoms with E-state index in [1.807, 2.05) is 0 Å². The number of hydrogen-bond donors (Lipinski definition) is 0. The van der Waals surface area contributed by atoms with Gasteiger partial charge < -0.3 is 10.1 Å². The van der Waals surface area contributed by atoms with Crippen LogP contribution < -0.4 is 0 Å². The molecule has 0 N–H and O–H groups in total. The van der Waals surface area contributed by atoms with Crippen LogP contribution >= 0.6 is 27.5 Å². The Bertz CT molecular complexity index is 319. The van der Waals surface area contributed by atoms with Crippen LogP contribution in [0, 0.1) is 17.0 Å². The average Bonchev–Trinajstić information content (AvgIpc) is 1.99. The molecular weight excluding hydrogens is 247 g/mol. The van der Waals surface area contributed by atoms with Crippen molar-refractivity contribution < 1.29 is 4.92 Å². The highest BCUT2D eigenvalue weighted by Crippen LogP contribution is 2.27. The summed E-state index contributed by atoms with van der Waals surface area (Å²) >= 11 is 8.82. The lowest BCUT2D eigenvalue weighted by atomic mass is 10.4. The molecule has 0 unspecified atom stereocenters. The Morgan fingerprint density at radius 3 is 2.75 bits per heavy atom. The normalized spacial score (nSPS) is 9.92. The van der Waals surface area contributed by atoms with E-state index in [0.29, 0.717) is 15.2 Å². The van der Waals surface area contributed by atoms with Crippen molar-refractivity contribution in [3.63, 3.8) is 0 Å². The standard InChI is InChI=1S/C6H4BrClN2O2/c1-3-6(7)4(8)2-5(9-3)10(11)12/h2H,1H3. The van der Waals surface area contributed by atoms with Crippen LogP contribution in [0.3, 0.4) is 0 Å². The lowest BCUT2D eigenvalue weighted by Gasteiger charge is -1.96. The minimum Gasteiger partial charge on any atom is -0.358 e. The Hall–Kier alpha value is -0.680. The second-order valence-electron chi connectivity index (χ2n) is 2.12. The van der Waals surface area contributed by atoms with Gasteiger partial charge in [-0.15, -0.1) is 0 Å². The molecule has 0 saturated carbocycles. The Labute approximate surface area is 81.8 Å². The molecule has 0 aliphatic heterocycles. The number of nitrogens with zero attached hydrogens (tertiary/aromatic N) is 2. The summed E-state index contributed by atoms with van der Waals surface area (Å²) in [5, 5.41) is 10.6. The Balaban J connectivity index is 3.31. The van der Waals surface area contributed by atoms with Crippen LogP contribution in [0.25, 0.3) is 0 Å². The summed E-state index contributed by atoms with van der Waals surface area (Å²) in [7, 11) is 0. The fraction of sp³-hybridized carbons (Fsp3) is 0.167. The van der Waals surface area contributed by atoms with Gasteiger partial charge in [-0.3, -0.25) is 0 Å². The lowest BCUT2D eigenvalue weighted by Crippen LogP contribution is -1.94. The molecule has 0 fully saturated rings. The zero-order valence-electron chi connectivity index (χ0n) is 6.04. The van der Waals surface area contributed by atoms with Crippen molar-refractivity contribution in [1.29, 1.82) is 0 Å². The first-order valence-electron chi connectivity index (χ1n) is 2.99. The Morgan fingerprint density at radius 2 is 2.33 bits per heavy atom. The summed E-state index contributed by atoms with van der Waals surface area (Å²) < 4.78 is 0.592. The molecule has 1 rings (SSSR count). The summed E-state index contributed by atoms with van der Waals surface area (Å²) in [4.78, 5) is 13.4. The number of halogens is 2. The van der Waals surface area contributed by atoms with E-state index in [1.165, 1.54) is 6.07 Å². The van der Waals surface area contributed by atoms with E-state index < -0.39 is 4.92 Å². The summed E-state index contributed by atoms with van der Waals surface area (Å²) in [6.07, 6.45) is 0. The van der Waals surface area contributed by atoms with Gasteiger partial charge in [-0.05, 0) is 25.8 Å². The van der Waals surface area contributed by atoms with Gasteiger partial charge >= 0.3 is 5.82 Å². The van der Waals surface area contributed by atoms with Crippen molar-refractivity contribution in [2.45, 2.75) is 6.92 Å². The molecule has 6 heteroatoms. The first-order valence-corrected chi connectivity index (χ1v) is 4.16. The first kappa shape index (κ1) is 9.41. The number of aryl methyl sites for hydroxylation is 1. The average molecular weight is 251 g/mol. The minimum absolute atomic E-state index is 0.235. The van der Waals surface area contributed by atoms with Crippen LogP contribution in [0.2, 0.25) is 5.02 Å². The largest absolute Gasteiger partial charge is 0.365 e. The van der Waals surface area contributed by atoms with Crippen molar-refractivity contribution in [3.8, 4) is 0 Å². The quantitative estimate of drug-likeness (QED) is 0.569. The van der Waals surface area contributed by atoms with Crippen molar-refractivity contribution in [1.82, 2.24) is 4.98 Å². The number of rotatable bonds is 1. The number of aromatic nitrogens is 1. The van der Waals surface area contributed by atoms with Crippen LogP contribution in [-0.2, 0) is 0 Å². The van der Waals surface area contributed by atoms with Gasteiger partial charge in [0.05, 0.1) is 15.6 Å². The SMILES string of the molecule is Cc1nc([N+](=O)[O-])cc(Cl)c1Br. The maximum Gasteiger partial charge on any atom is 0.365 e. The number of pyridine rings is 1. The third kappa shape index (κ3) is 1.73. The van der Waals surface area contributed by atoms with Crippen molar-refractivity contribution in [2.75, 3.05) is 0 Å². The van der Waals surface area contributed by atoms with Crippen LogP contribution in [0.4, 0.5) is 5.82 Å². The molecular formula is C6H4BrClN2O2.